The number of benzene rings is 1. The molecule has 27 heavy (non-hydrogen) atoms. The van der Waals surface area contributed by atoms with Crippen LogP contribution in [0.5, 0.6) is 5.75 Å². The van der Waals surface area contributed by atoms with Gasteiger partial charge in [-0.2, -0.15) is 0 Å². The van der Waals surface area contributed by atoms with Crippen LogP contribution in [0.3, 0.4) is 0 Å². The third-order valence-electron chi connectivity index (χ3n) is 4.86. The van der Waals surface area contributed by atoms with Gasteiger partial charge in [-0.15, -0.1) is 13.2 Å². The molecule has 1 aromatic carbocycles. The zero-order valence-electron chi connectivity index (χ0n) is 14.3. The van der Waals surface area contributed by atoms with E-state index < -0.39 is 24.3 Å². The Balaban J connectivity index is 1.39. The van der Waals surface area contributed by atoms with Crippen molar-refractivity contribution in [3.8, 4) is 5.75 Å². The standard InChI is InChI=1S/C16H20F3N5O3/c17-16(18,19)27-9-1-2-11-10(7-9)15(25)26-14(21-11)12-3-4-13(23-22-12)24-6-5-20-8-24/h1-2,7,12-14,20-23H,3-6,8H2. The van der Waals surface area contributed by atoms with Crippen LogP contribution in [0.2, 0.25) is 0 Å². The summed E-state index contributed by atoms with van der Waals surface area (Å²) in [4.78, 5) is 14.5. The molecule has 1 aromatic rings. The fourth-order valence-electron chi connectivity index (χ4n) is 3.54. The highest BCUT2D eigenvalue weighted by atomic mass is 19.4. The van der Waals surface area contributed by atoms with E-state index in [4.69, 9.17) is 4.74 Å². The van der Waals surface area contributed by atoms with E-state index in [0.717, 1.165) is 44.7 Å². The number of fused-ring (bicyclic) bond motifs is 1. The van der Waals surface area contributed by atoms with Crippen molar-refractivity contribution in [2.45, 2.75) is 37.6 Å². The molecule has 11 heteroatoms. The maximum atomic E-state index is 12.3. The topological polar surface area (TPSA) is 86.9 Å². The van der Waals surface area contributed by atoms with Crippen molar-refractivity contribution in [2.75, 3.05) is 25.1 Å². The molecule has 4 N–H and O–H groups in total. The van der Waals surface area contributed by atoms with Crippen LogP contribution in [0.15, 0.2) is 18.2 Å². The van der Waals surface area contributed by atoms with Gasteiger partial charge in [0.05, 0.1) is 23.5 Å². The molecule has 0 saturated carbocycles. The van der Waals surface area contributed by atoms with Crippen molar-refractivity contribution >= 4 is 11.7 Å². The minimum Gasteiger partial charge on any atom is -0.436 e. The smallest absolute Gasteiger partial charge is 0.436 e. The van der Waals surface area contributed by atoms with Gasteiger partial charge in [-0.05, 0) is 31.0 Å². The maximum Gasteiger partial charge on any atom is 0.573 e. The summed E-state index contributed by atoms with van der Waals surface area (Å²) in [7, 11) is 0. The Morgan fingerprint density at radius 2 is 2.07 bits per heavy atom. The monoisotopic (exact) mass is 387 g/mol. The van der Waals surface area contributed by atoms with Gasteiger partial charge in [-0.1, -0.05) is 0 Å². The lowest BCUT2D eigenvalue weighted by atomic mass is 10.0. The van der Waals surface area contributed by atoms with Crippen molar-refractivity contribution in [3.05, 3.63) is 23.8 Å². The van der Waals surface area contributed by atoms with Crippen LogP contribution in [-0.4, -0.2) is 55.4 Å². The Bertz CT molecular complexity index is 703. The van der Waals surface area contributed by atoms with Crippen LogP contribution in [-0.2, 0) is 4.74 Å². The number of hydrazine groups is 1. The zero-order chi connectivity index (χ0) is 19.0. The summed E-state index contributed by atoms with van der Waals surface area (Å²) in [5, 5.41) is 6.34. The molecule has 3 atom stereocenters. The second-order valence-electron chi connectivity index (χ2n) is 6.68. The molecule has 3 aliphatic rings. The van der Waals surface area contributed by atoms with Crippen molar-refractivity contribution in [1.82, 2.24) is 21.1 Å². The first-order chi connectivity index (χ1) is 12.9. The number of nitrogens with one attached hydrogen (secondary N) is 4. The maximum absolute atomic E-state index is 12.3. The minimum absolute atomic E-state index is 0.0118. The summed E-state index contributed by atoms with van der Waals surface area (Å²) in [6.07, 6.45) is -3.60. The number of ether oxygens (including phenoxy) is 2. The molecule has 0 aromatic heterocycles. The van der Waals surface area contributed by atoms with Crippen molar-refractivity contribution in [2.24, 2.45) is 0 Å². The van der Waals surface area contributed by atoms with Gasteiger partial charge in [-0.3, -0.25) is 4.90 Å². The van der Waals surface area contributed by atoms with Gasteiger partial charge in [0.1, 0.15) is 5.75 Å². The third kappa shape index (κ3) is 4.10. The van der Waals surface area contributed by atoms with Gasteiger partial charge >= 0.3 is 12.3 Å². The molecule has 0 bridgehead atoms. The van der Waals surface area contributed by atoms with Crippen LogP contribution < -0.4 is 26.2 Å². The number of carbonyl (C=O) groups is 1. The van der Waals surface area contributed by atoms with E-state index >= 15 is 0 Å². The summed E-state index contributed by atoms with van der Waals surface area (Å²) in [6, 6.07) is 3.41. The first kappa shape index (κ1) is 18.3. The lowest BCUT2D eigenvalue weighted by molar-refractivity contribution is -0.274. The molecule has 2 fully saturated rings. The van der Waals surface area contributed by atoms with Gasteiger partial charge in [0.2, 0.25) is 0 Å². The van der Waals surface area contributed by atoms with Gasteiger partial charge in [0.25, 0.3) is 0 Å². The fourth-order valence-corrected chi connectivity index (χ4v) is 3.54. The Morgan fingerprint density at radius 3 is 2.74 bits per heavy atom. The lowest BCUT2D eigenvalue weighted by Crippen LogP contribution is -2.62. The second-order valence-corrected chi connectivity index (χ2v) is 6.68. The number of esters is 1. The number of halogens is 3. The molecule has 0 aliphatic carbocycles. The quantitative estimate of drug-likeness (QED) is 0.571. The normalized spacial score (nSPS) is 29.0. The third-order valence-corrected chi connectivity index (χ3v) is 4.86. The number of cyclic esters (lactones) is 1. The highest BCUT2D eigenvalue weighted by Gasteiger charge is 2.37. The average molecular weight is 387 g/mol. The molecule has 0 spiro atoms. The van der Waals surface area contributed by atoms with E-state index in [1.165, 1.54) is 6.07 Å². The Hall–Kier alpha value is -2.08. The van der Waals surface area contributed by atoms with Crippen LogP contribution in [0.25, 0.3) is 0 Å². The number of anilines is 1. The summed E-state index contributed by atoms with van der Waals surface area (Å²) in [5.74, 6) is -1.15. The molecule has 8 nitrogen and oxygen atoms in total. The first-order valence-corrected chi connectivity index (χ1v) is 8.72. The second kappa shape index (κ2) is 7.15. The van der Waals surface area contributed by atoms with Crippen LogP contribution in [0, 0.1) is 0 Å². The molecule has 148 valence electrons. The van der Waals surface area contributed by atoms with E-state index in [2.05, 4.69) is 31.1 Å². The van der Waals surface area contributed by atoms with E-state index in [1.807, 2.05) is 0 Å². The molecule has 2 saturated heterocycles. The number of carbonyl (C=O) groups excluding carboxylic acids is 1. The average Bonchev–Trinajstić information content (AvgIpc) is 3.15. The number of alkyl halides is 3. The van der Waals surface area contributed by atoms with Gasteiger partial charge in [0.15, 0.2) is 6.23 Å². The Labute approximate surface area is 153 Å². The predicted octanol–water partition coefficient (Wildman–Crippen LogP) is 0.939. The predicted molar refractivity (Wildman–Crippen MR) is 88.6 cm³/mol. The minimum atomic E-state index is -4.82. The first-order valence-electron chi connectivity index (χ1n) is 8.72. The number of rotatable bonds is 3. The number of nitrogens with zero attached hydrogens (tertiary/aromatic N) is 1. The number of hydrogen-bond acceptors (Lipinski definition) is 8. The van der Waals surface area contributed by atoms with Crippen LogP contribution in [0.4, 0.5) is 18.9 Å². The fraction of sp³-hybridized carbons (Fsp3) is 0.562. The Morgan fingerprint density at radius 1 is 1.22 bits per heavy atom. The molecule has 4 rings (SSSR count). The van der Waals surface area contributed by atoms with E-state index in [9.17, 15) is 18.0 Å². The van der Waals surface area contributed by atoms with Crippen LogP contribution in [0.1, 0.15) is 23.2 Å². The van der Waals surface area contributed by atoms with E-state index in [0.29, 0.717) is 5.69 Å². The summed E-state index contributed by atoms with van der Waals surface area (Å²) in [6.45, 7) is 2.76. The van der Waals surface area contributed by atoms with Gasteiger partial charge < -0.3 is 20.1 Å². The highest BCUT2D eigenvalue weighted by molar-refractivity contribution is 5.97. The van der Waals surface area contributed by atoms with Gasteiger partial charge in [0, 0.05) is 19.8 Å². The highest BCUT2D eigenvalue weighted by Crippen LogP contribution is 2.31. The SMILES string of the molecule is O=C1OC(C2CCC(N3CCNC3)NN2)Nc2ccc(OC(F)(F)F)cc21. The molecular formula is C16H20F3N5O3. The number of hydrogen-bond donors (Lipinski definition) is 4. The largest absolute Gasteiger partial charge is 0.573 e. The molecule has 3 unspecified atom stereocenters. The van der Waals surface area contributed by atoms with E-state index in [1.54, 1.807) is 0 Å². The molecule has 0 radical (unpaired) electrons. The van der Waals surface area contributed by atoms with Gasteiger partial charge in [-0.25, -0.2) is 15.6 Å². The summed E-state index contributed by atoms with van der Waals surface area (Å²) < 4.78 is 46.3. The molecule has 3 aliphatic heterocycles. The summed E-state index contributed by atoms with van der Waals surface area (Å²) >= 11 is 0. The van der Waals surface area contributed by atoms with E-state index in [-0.39, 0.29) is 17.8 Å². The summed E-state index contributed by atoms with van der Waals surface area (Å²) in [5.41, 5.74) is 6.85. The zero-order valence-corrected chi connectivity index (χ0v) is 14.3. The lowest BCUT2D eigenvalue weighted by Gasteiger charge is -2.40. The molecule has 0 amide bonds. The van der Waals surface area contributed by atoms with Crippen LogP contribution >= 0.6 is 0 Å². The van der Waals surface area contributed by atoms with Crippen molar-refractivity contribution in [3.63, 3.8) is 0 Å². The van der Waals surface area contributed by atoms with Crippen molar-refractivity contribution in [1.29, 1.82) is 0 Å². The molecular weight excluding hydrogens is 367 g/mol. The van der Waals surface area contributed by atoms with Crippen molar-refractivity contribution < 1.29 is 27.4 Å². The molecule has 3 heterocycles. The Kier molecular flexibility index (Phi) is 4.84.